The Balaban J connectivity index is 1.56. The van der Waals surface area contributed by atoms with Crippen LogP contribution in [0, 0.1) is 6.92 Å². The number of nitrogens with zero attached hydrogens (tertiary/aromatic N) is 3. The van der Waals surface area contributed by atoms with Crippen LogP contribution in [-0.4, -0.2) is 45.4 Å². The van der Waals surface area contributed by atoms with E-state index in [1.54, 1.807) is 6.92 Å². The third-order valence-corrected chi connectivity index (χ3v) is 6.51. The molecule has 2 aromatic carbocycles. The number of carbonyl (C=O) groups is 4. The van der Waals surface area contributed by atoms with E-state index in [0.717, 1.165) is 15.4 Å². The summed E-state index contributed by atoms with van der Waals surface area (Å²) >= 11 is 6.15. The zero-order valence-electron chi connectivity index (χ0n) is 17.9. The standard InChI is InChI=1S/C24H18ClN3O6/c1-13-16(21(34-26-13)14-5-3-2-4-6-14)11-28-19(29)10-24(23(28)33)17-9-15(25)7-8-18(17)27(22(24)32)12-20(30)31/h2-9H,10-12H2,1H3,(H,30,31). The Labute approximate surface area is 198 Å². The van der Waals surface area contributed by atoms with Crippen LogP contribution in [0.1, 0.15) is 23.2 Å². The highest BCUT2D eigenvalue weighted by Gasteiger charge is 2.64. The number of imide groups is 1. The number of hydrogen-bond acceptors (Lipinski definition) is 6. The summed E-state index contributed by atoms with van der Waals surface area (Å²) in [4.78, 5) is 53.8. The lowest BCUT2D eigenvalue weighted by Crippen LogP contribution is -2.47. The second kappa shape index (κ2) is 7.81. The molecule has 3 heterocycles. The molecule has 34 heavy (non-hydrogen) atoms. The number of aromatic nitrogens is 1. The van der Waals surface area contributed by atoms with Gasteiger partial charge in [0.05, 0.1) is 18.7 Å². The quantitative estimate of drug-likeness (QED) is 0.441. The van der Waals surface area contributed by atoms with E-state index >= 15 is 0 Å². The van der Waals surface area contributed by atoms with E-state index in [0.29, 0.717) is 17.0 Å². The van der Waals surface area contributed by atoms with E-state index in [4.69, 9.17) is 16.1 Å². The third kappa shape index (κ3) is 3.12. The molecule has 1 spiro atoms. The van der Waals surface area contributed by atoms with Crippen molar-refractivity contribution >= 4 is 41.0 Å². The summed E-state index contributed by atoms with van der Waals surface area (Å²) in [7, 11) is 0. The van der Waals surface area contributed by atoms with Gasteiger partial charge in [-0.3, -0.25) is 29.0 Å². The molecule has 0 radical (unpaired) electrons. The fourth-order valence-electron chi connectivity index (χ4n) is 4.66. The van der Waals surface area contributed by atoms with Gasteiger partial charge in [-0.2, -0.15) is 0 Å². The van der Waals surface area contributed by atoms with Crippen LogP contribution in [0.5, 0.6) is 0 Å². The maximum absolute atomic E-state index is 13.8. The second-order valence-corrected chi connectivity index (χ2v) is 8.69. The lowest BCUT2D eigenvalue weighted by Gasteiger charge is -2.22. The van der Waals surface area contributed by atoms with Crippen molar-refractivity contribution in [3.8, 4) is 11.3 Å². The van der Waals surface area contributed by atoms with Crippen molar-refractivity contribution in [3.05, 3.63) is 70.4 Å². The fourth-order valence-corrected chi connectivity index (χ4v) is 4.83. The number of carbonyl (C=O) groups excluding carboxylic acids is 3. The molecule has 3 aromatic rings. The largest absolute Gasteiger partial charge is 0.480 e. The van der Waals surface area contributed by atoms with Crippen LogP contribution in [0.4, 0.5) is 5.69 Å². The number of rotatable bonds is 5. The Morgan fingerprint density at radius 1 is 1.12 bits per heavy atom. The summed E-state index contributed by atoms with van der Waals surface area (Å²) < 4.78 is 5.48. The summed E-state index contributed by atoms with van der Waals surface area (Å²) in [6, 6.07) is 13.6. The normalized spacial score (nSPS) is 19.4. The van der Waals surface area contributed by atoms with E-state index in [2.05, 4.69) is 5.16 Å². The highest BCUT2D eigenvalue weighted by atomic mass is 35.5. The van der Waals surface area contributed by atoms with Gasteiger partial charge in [-0.05, 0) is 25.1 Å². The number of hydrogen-bond donors (Lipinski definition) is 1. The van der Waals surface area contributed by atoms with E-state index in [1.165, 1.54) is 18.2 Å². The molecule has 9 nitrogen and oxygen atoms in total. The molecule has 0 bridgehead atoms. The molecule has 0 saturated carbocycles. The minimum atomic E-state index is -1.86. The van der Waals surface area contributed by atoms with Gasteiger partial charge >= 0.3 is 5.97 Å². The number of anilines is 1. The predicted molar refractivity (Wildman–Crippen MR) is 120 cm³/mol. The molecular weight excluding hydrogens is 462 g/mol. The van der Waals surface area contributed by atoms with Crippen molar-refractivity contribution in [2.45, 2.75) is 25.3 Å². The second-order valence-electron chi connectivity index (χ2n) is 8.26. The Kier molecular flexibility index (Phi) is 5.02. The SMILES string of the molecule is Cc1noc(-c2ccccc2)c1CN1C(=O)CC2(C1=O)C(=O)N(CC(=O)O)c1ccc(Cl)cc12. The van der Waals surface area contributed by atoms with Crippen molar-refractivity contribution in [3.63, 3.8) is 0 Å². The number of carboxylic acid groups (broad SMARTS) is 1. The first kappa shape index (κ1) is 21.8. The van der Waals surface area contributed by atoms with E-state index in [1.807, 2.05) is 30.3 Å². The molecule has 10 heteroatoms. The summed E-state index contributed by atoms with van der Waals surface area (Å²) in [5.74, 6) is -2.85. The monoisotopic (exact) mass is 479 g/mol. The van der Waals surface area contributed by atoms with Crippen molar-refractivity contribution in [2.75, 3.05) is 11.4 Å². The van der Waals surface area contributed by atoms with Gasteiger partial charge in [-0.25, -0.2) is 0 Å². The topological polar surface area (TPSA) is 121 Å². The molecule has 3 amide bonds. The van der Waals surface area contributed by atoms with Crippen LogP contribution in [0.25, 0.3) is 11.3 Å². The van der Waals surface area contributed by atoms with Crippen molar-refractivity contribution in [2.24, 2.45) is 0 Å². The van der Waals surface area contributed by atoms with Crippen LogP contribution in [0.3, 0.4) is 0 Å². The highest BCUT2D eigenvalue weighted by Crippen LogP contribution is 2.49. The van der Waals surface area contributed by atoms with Gasteiger partial charge in [0.1, 0.15) is 6.54 Å². The zero-order chi connectivity index (χ0) is 24.2. The first-order chi connectivity index (χ1) is 16.2. The van der Waals surface area contributed by atoms with Crippen LogP contribution < -0.4 is 4.90 Å². The lowest BCUT2D eigenvalue weighted by molar-refractivity contribution is -0.143. The summed E-state index contributed by atoms with van der Waals surface area (Å²) in [6.45, 7) is 0.928. The zero-order valence-corrected chi connectivity index (χ0v) is 18.7. The van der Waals surface area contributed by atoms with E-state index in [9.17, 15) is 24.3 Å². The van der Waals surface area contributed by atoms with Gasteiger partial charge in [0.25, 0.3) is 0 Å². The average Bonchev–Trinajstić information content (AvgIpc) is 3.37. The molecule has 2 aliphatic heterocycles. The Morgan fingerprint density at radius 3 is 2.53 bits per heavy atom. The van der Waals surface area contributed by atoms with Gasteiger partial charge < -0.3 is 9.63 Å². The minimum Gasteiger partial charge on any atom is -0.480 e. The van der Waals surface area contributed by atoms with Gasteiger partial charge in [0.15, 0.2) is 11.2 Å². The Morgan fingerprint density at radius 2 is 1.82 bits per heavy atom. The molecule has 0 aliphatic carbocycles. The summed E-state index contributed by atoms with van der Waals surface area (Å²) in [5, 5.41) is 13.6. The molecule has 1 aromatic heterocycles. The maximum Gasteiger partial charge on any atom is 0.323 e. The first-order valence-electron chi connectivity index (χ1n) is 10.4. The smallest absolute Gasteiger partial charge is 0.323 e. The molecule has 1 saturated heterocycles. The van der Waals surface area contributed by atoms with Crippen molar-refractivity contribution < 1.29 is 28.8 Å². The minimum absolute atomic E-state index is 0.138. The number of carboxylic acids is 1. The van der Waals surface area contributed by atoms with E-state index < -0.39 is 42.1 Å². The number of amides is 3. The van der Waals surface area contributed by atoms with Gasteiger partial charge in [-0.15, -0.1) is 0 Å². The highest BCUT2D eigenvalue weighted by molar-refractivity contribution is 6.32. The maximum atomic E-state index is 13.8. The van der Waals surface area contributed by atoms with Crippen molar-refractivity contribution in [1.29, 1.82) is 0 Å². The molecule has 2 aliphatic rings. The van der Waals surface area contributed by atoms with Gasteiger partial charge in [-0.1, -0.05) is 47.1 Å². The number of fused-ring (bicyclic) bond motifs is 2. The number of aryl methyl sites for hydroxylation is 1. The molecule has 1 atom stereocenters. The van der Waals surface area contributed by atoms with Gasteiger partial charge in [0, 0.05) is 27.4 Å². The number of benzene rings is 2. The number of likely N-dealkylation sites (tertiary alicyclic amines) is 1. The average molecular weight is 480 g/mol. The van der Waals surface area contributed by atoms with Crippen LogP contribution in [0.2, 0.25) is 5.02 Å². The summed E-state index contributed by atoms with van der Waals surface area (Å²) in [5.41, 5.74) is 0.417. The van der Waals surface area contributed by atoms with Crippen LogP contribution in [-0.2, 0) is 31.1 Å². The molecule has 5 rings (SSSR count). The van der Waals surface area contributed by atoms with Crippen LogP contribution >= 0.6 is 11.6 Å². The molecule has 1 N–H and O–H groups in total. The van der Waals surface area contributed by atoms with Gasteiger partial charge in [0.2, 0.25) is 17.7 Å². The predicted octanol–water partition coefficient (Wildman–Crippen LogP) is 2.93. The lowest BCUT2D eigenvalue weighted by atomic mass is 9.80. The Hall–Kier alpha value is -3.98. The van der Waals surface area contributed by atoms with Crippen molar-refractivity contribution in [1.82, 2.24) is 10.1 Å². The number of halogens is 1. The molecule has 172 valence electrons. The fraction of sp³-hybridized carbons (Fsp3) is 0.208. The molecular formula is C24H18ClN3O6. The van der Waals surface area contributed by atoms with Crippen LogP contribution in [0.15, 0.2) is 53.1 Å². The summed E-state index contributed by atoms with van der Waals surface area (Å²) in [6.07, 6.45) is -0.418. The Bertz CT molecular complexity index is 1370. The number of aliphatic carboxylic acids is 1. The molecule has 1 unspecified atom stereocenters. The molecule has 1 fully saturated rings. The first-order valence-corrected chi connectivity index (χ1v) is 10.8. The third-order valence-electron chi connectivity index (χ3n) is 6.28. The van der Waals surface area contributed by atoms with E-state index in [-0.39, 0.29) is 22.8 Å².